The normalized spacial score (nSPS) is 12.5. The first-order valence-corrected chi connectivity index (χ1v) is 7.36. The molecule has 2 aromatic heterocycles. The van der Waals surface area contributed by atoms with Crippen LogP contribution in [-0.4, -0.2) is 19.3 Å². The Morgan fingerprint density at radius 1 is 1.30 bits per heavy atom. The molecule has 0 amide bonds. The monoisotopic (exact) mass is 314 g/mol. The maximum Gasteiger partial charge on any atom is 0.252 e. The van der Waals surface area contributed by atoms with Gasteiger partial charge in [-0.05, 0) is 13.0 Å². The van der Waals surface area contributed by atoms with Crippen molar-refractivity contribution >= 4 is 22.3 Å². The molecule has 7 nitrogen and oxygen atoms in total. The maximum absolute atomic E-state index is 12.2. The minimum absolute atomic E-state index is 0.0629. The van der Waals surface area contributed by atoms with Crippen molar-refractivity contribution in [3.8, 4) is 0 Å². The van der Waals surface area contributed by atoms with Crippen LogP contribution in [0.15, 0.2) is 41.5 Å². The molecule has 23 heavy (non-hydrogen) atoms. The van der Waals surface area contributed by atoms with E-state index >= 15 is 0 Å². The van der Waals surface area contributed by atoms with Gasteiger partial charge in [0, 0.05) is 55.8 Å². The summed E-state index contributed by atoms with van der Waals surface area (Å²) in [6.07, 6.45) is 3.63. The SMILES string of the molecule is CC(Nc1cc(=O)n(C)c2ccc([NH2+]O)cc12)c1nccn1C. The fourth-order valence-corrected chi connectivity index (χ4v) is 2.77. The van der Waals surface area contributed by atoms with Gasteiger partial charge < -0.3 is 14.5 Å². The van der Waals surface area contributed by atoms with Gasteiger partial charge in [0.25, 0.3) is 5.56 Å². The van der Waals surface area contributed by atoms with Gasteiger partial charge in [-0.1, -0.05) is 0 Å². The lowest BCUT2D eigenvalue weighted by molar-refractivity contribution is -0.825. The average molecular weight is 314 g/mol. The summed E-state index contributed by atoms with van der Waals surface area (Å²) in [5.74, 6) is 0.878. The second-order valence-corrected chi connectivity index (χ2v) is 5.62. The van der Waals surface area contributed by atoms with Gasteiger partial charge in [-0.15, -0.1) is 0 Å². The summed E-state index contributed by atoms with van der Waals surface area (Å²) < 4.78 is 3.53. The molecule has 3 rings (SSSR count). The van der Waals surface area contributed by atoms with Crippen molar-refractivity contribution in [2.24, 2.45) is 14.1 Å². The molecular formula is C16H20N5O2+. The zero-order chi connectivity index (χ0) is 16.6. The molecule has 0 aliphatic carbocycles. The predicted molar refractivity (Wildman–Crippen MR) is 87.8 cm³/mol. The van der Waals surface area contributed by atoms with Crippen molar-refractivity contribution in [1.29, 1.82) is 0 Å². The number of pyridine rings is 1. The second-order valence-electron chi connectivity index (χ2n) is 5.62. The largest absolute Gasteiger partial charge is 0.375 e. The predicted octanol–water partition coefficient (Wildman–Crippen LogP) is 1.03. The number of nitrogens with two attached hydrogens (primary N) is 1. The third kappa shape index (κ3) is 2.71. The zero-order valence-electron chi connectivity index (χ0n) is 13.3. The lowest BCUT2D eigenvalue weighted by atomic mass is 10.1. The van der Waals surface area contributed by atoms with Crippen LogP contribution < -0.4 is 16.4 Å². The van der Waals surface area contributed by atoms with Crippen LogP contribution in [0.3, 0.4) is 0 Å². The first-order valence-electron chi connectivity index (χ1n) is 7.36. The number of aryl methyl sites for hydroxylation is 2. The van der Waals surface area contributed by atoms with E-state index in [1.165, 1.54) is 0 Å². The molecule has 7 heteroatoms. The highest BCUT2D eigenvalue weighted by molar-refractivity contribution is 5.93. The van der Waals surface area contributed by atoms with Gasteiger partial charge >= 0.3 is 0 Å². The number of imidazole rings is 1. The molecule has 4 N–H and O–H groups in total. The number of quaternary nitrogens is 1. The van der Waals surface area contributed by atoms with E-state index in [1.807, 2.05) is 36.9 Å². The molecule has 3 aromatic rings. The van der Waals surface area contributed by atoms with Crippen molar-refractivity contribution in [2.75, 3.05) is 5.32 Å². The van der Waals surface area contributed by atoms with Gasteiger partial charge in [0.2, 0.25) is 0 Å². The molecule has 2 heterocycles. The molecule has 0 fully saturated rings. The van der Waals surface area contributed by atoms with Crippen LogP contribution in [0.1, 0.15) is 18.8 Å². The van der Waals surface area contributed by atoms with E-state index in [0.29, 0.717) is 5.69 Å². The van der Waals surface area contributed by atoms with Crippen LogP contribution in [0.2, 0.25) is 0 Å². The average Bonchev–Trinajstić information content (AvgIpc) is 2.98. The molecule has 0 aliphatic heterocycles. The van der Waals surface area contributed by atoms with E-state index in [0.717, 1.165) is 27.9 Å². The van der Waals surface area contributed by atoms with Crippen LogP contribution in [0, 0.1) is 0 Å². The quantitative estimate of drug-likeness (QED) is 0.496. The van der Waals surface area contributed by atoms with Crippen LogP contribution in [0.5, 0.6) is 0 Å². The second kappa shape index (κ2) is 5.86. The van der Waals surface area contributed by atoms with Gasteiger partial charge in [0.15, 0.2) is 5.69 Å². The molecule has 0 bridgehead atoms. The van der Waals surface area contributed by atoms with E-state index in [1.54, 1.807) is 29.9 Å². The summed E-state index contributed by atoms with van der Waals surface area (Å²) in [4.78, 5) is 16.5. The topological polar surface area (TPSA) is 88.7 Å². The summed E-state index contributed by atoms with van der Waals surface area (Å²) in [6, 6.07) is 6.96. The smallest absolute Gasteiger partial charge is 0.252 e. The molecule has 0 radical (unpaired) electrons. The Bertz CT molecular complexity index is 912. The van der Waals surface area contributed by atoms with Gasteiger partial charge in [0.05, 0.1) is 11.6 Å². The fourth-order valence-electron chi connectivity index (χ4n) is 2.77. The highest BCUT2D eigenvalue weighted by atomic mass is 16.5. The van der Waals surface area contributed by atoms with Crippen LogP contribution >= 0.6 is 0 Å². The Morgan fingerprint density at radius 3 is 2.74 bits per heavy atom. The zero-order valence-corrected chi connectivity index (χ0v) is 13.3. The molecule has 1 aromatic carbocycles. The summed E-state index contributed by atoms with van der Waals surface area (Å²) >= 11 is 0. The fraction of sp³-hybridized carbons (Fsp3) is 0.250. The van der Waals surface area contributed by atoms with Gasteiger partial charge in [0.1, 0.15) is 5.82 Å². The van der Waals surface area contributed by atoms with E-state index in [2.05, 4.69) is 10.3 Å². The minimum Gasteiger partial charge on any atom is -0.375 e. The Balaban J connectivity index is 2.11. The van der Waals surface area contributed by atoms with Crippen molar-refractivity contribution in [1.82, 2.24) is 14.1 Å². The lowest BCUT2D eigenvalue weighted by Gasteiger charge is -2.17. The summed E-state index contributed by atoms with van der Waals surface area (Å²) in [6.45, 7) is 1.99. The molecule has 0 saturated carbocycles. The number of hydrogen-bond acceptors (Lipinski definition) is 4. The van der Waals surface area contributed by atoms with E-state index in [9.17, 15) is 10.0 Å². The first-order chi connectivity index (χ1) is 11.0. The Kier molecular flexibility index (Phi) is 3.89. The first kappa shape index (κ1) is 15.3. The maximum atomic E-state index is 12.2. The van der Waals surface area contributed by atoms with Crippen LogP contribution in [0.4, 0.5) is 11.4 Å². The number of nitrogens with zero attached hydrogens (tertiary/aromatic N) is 3. The molecule has 120 valence electrons. The highest BCUT2D eigenvalue weighted by Gasteiger charge is 2.14. The van der Waals surface area contributed by atoms with E-state index in [4.69, 9.17) is 0 Å². The molecule has 0 spiro atoms. The van der Waals surface area contributed by atoms with Crippen molar-refractivity contribution in [3.63, 3.8) is 0 Å². The van der Waals surface area contributed by atoms with Gasteiger partial charge in [-0.3, -0.25) is 4.79 Å². The molecule has 1 unspecified atom stereocenters. The third-order valence-electron chi connectivity index (χ3n) is 4.04. The van der Waals surface area contributed by atoms with Crippen molar-refractivity contribution in [3.05, 3.63) is 52.8 Å². The number of benzene rings is 1. The summed E-state index contributed by atoms with van der Waals surface area (Å²) in [5.41, 5.74) is 3.17. The van der Waals surface area contributed by atoms with Gasteiger partial charge in [-0.25, -0.2) is 10.2 Å². The molecular weight excluding hydrogens is 294 g/mol. The van der Waals surface area contributed by atoms with Crippen LogP contribution in [-0.2, 0) is 14.1 Å². The molecule has 0 saturated heterocycles. The number of anilines is 1. The number of nitrogens with one attached hydrogen (secondary N) is 1. The number of rotatable bonds is 4. The Labute approximate surface area is 133 Å². The number of hydrogen-bond donors (Lipinski definition) is 3. The number of aromatic nitrogens is 3. The van der Waals surface area contributed by atoms with E-state index in [-0.39, 0.29) is 11.6 Å². The molecule has 0 aliphatic rings. The lowest BCUT2D eigenvalue weighted by Crippen LogP contribution is -2.73. The Hall–Kier alpha value is -2.64. The Morgan fingerprint density at radius 2 is 2.09 bits per heavy atom. The third-order valence-corrected chi connectivity index (χ3v) is 4.04. The molecule has 1 atom stereocenters. The highest BCUT2D eigenvalue weighted by Crippen LogP contribution is 2.26. The summed E-state index contributed by atoms with van der Waals surface area (Å²) in [7, 11) is 3.67. The summed E-state index contributed by atoms with van der Waals surface area (Å²) in [5, 5.41) is 13.5. The van der Waals surface area contributed by atoms with Crippen molar-refractivity contribution < 1.29 is 10.7 Å². The van der Waals surface area contributed by atoms with Crippen LogP contribution in [0.25, 0.3) is 10.9 Å². The minimum atomic E-state index is -0.0900. The van der Waals surface area contributed by atoms with Crippen molar-refractivity contribution in [2.45, 2.75) is 13.0 Å². The van der Waals surface area contributed by atoms with Gasteiger partial charge in [-0.2, -0.15) is 5.48 Å². The number of fused-ring (bicyclic) bond motifs is 1. The standard InChI is InChI=1S/C16H19N5O2/c1-10(16-17-6-7-20(16)2)18-13-9-15(22)21(3)14-5-4-11(19-23)8-12(13)14/h4-10,18-19,23H,1-3H3/p+1. The van der Waals surface area contributed by atoms with E-state index < -0.39 is 0 Å².